The van der Waals surface area contributed by atoms with Crippen molar-refractivity contribution in [2.24, 2.45) is 5.10 Å². The standard InChI is InChI=1S/C20H18BrN3O5/c1-3-28-19(26)12(2)29-17-9-8-13(10-15(17)21)11-22-24-18(25)14-6-4-5-7-16(14)23-20(24)27/h4-12H,3H2,1-2H3,(H,23,27). The van der Waals surface area contributed by atoms with Gasteiger partial charge in [0.2, 0.25) is 0 Å². The fraction of sp³-hybridized carbons (Fsp3) is 0.200. The van der Waals surface area contributed by atoms with Crippen LogP contribution in [0.3, 0.4) is 0 Å². The van der Waals surface area contributed by atoms with E-state index in [9.17, 15) is 14.4 Å². The van der Waals surface area contributed by atoms with Gasteiger partial charge in [-0.3, -0.25) is 4.79 Å². The molecule has 2 aromatic carbocycles. The van der Waals surface area contributed by atoms with Gasteiger partial charge in [0, 0.05) is 0 Å². The fourth-order valence-electron chi connectivity index (χ4n) is 2.57. The maximum atomic E-state index is 12.5. The number of nitrogens with one attached hydrogen (secondary N) is 1. The maximum Gasteiger partial charge on any atom is 0.349 e. The van der Waals surface area contributed by atoms with Crippen molar-refractivity contribution >= 4 is 39.0 Å². The van der Waals surface area contributed by atoms with Gasteiger partial charge in [-0.05, 0) is 65.7 Å². The smallest absolute Gasteiger partial charge is 0.349 e. The molecule has 1 unspecified atom stereocenters. The van der Waals surface area contributed by atoms with E-state index in [1.807, 2.05) is 0 Å². The summed E-state index contributed by atoms with van der Waals surface area (Å²) in [5, 5.41) is 4.37. The number of benzene rings is 2. The predicted molar refractivity (Wildman–Crippen MR) is 113 cm³/mol. The van der Waals surface area contributed by atoms with Crippen LogP contribution in [-0.2, 0) is 9.53 Å². The Bertz CT molecular complexity index is 1200. The largest absolute Gasteiger partial charge is 0.478 e. The molecule has 1 aromatic heterocycles. The highest BCUT2D eigenvalue weighted by molar-refractivity contribution is 9.10. The zero-order valence-corrected chi connectivity index (χ0v) is 17.3. The van der Waals surface area contributed by atoms with Crippen LogP contribution in [0.1, 0.15) is 19.4 Å². The number of H-pyrrole nitrogens is 1. The Kier molecular flexibility index (Phi) is 6.28. The molecular formula is C20H18BrN3O5. The highest BCUT2D eigenvalue weighted by Gasteiger charge is 2.17. The van der Waals surface area contributed by atoms with Crippen molar-refractivity contribution in [1.82, 2.24) is 9.66 Å². The van der Waals surface area contributed by atoms with Crippen LogP contribution >= 0.6 is 15.9 Å². The average Bonchev–Trinajstić information content (AvgIpc) is 2.70. The lowest BCUT2D eigenvalue weighted by atomic mass is 10.2. The van der Waals surface area contributed by atoms with Crippen molar-refractivity contribution in [3.63, 3.8) is 0 Å². The Morgan fingerprint density at radius 1 is 1.28 bits per heavy atom. The molecule has 1 atom stereocenters. The first kappa shape index (κ1) is 20.5. The number of rotatable bonds is 6. The van der Waals surface area contributed by atoms with E-state index in [-0.39, 0.29) is 6.61 Å². The Morgan fingerprint density at radius 2 is 2.03 bits per heavy atom. The Labute approximate surface area is 173 Å². The molecule has 0 aliphatic rings. The van der Waals surface area contributed by atoms with Gasteiger partial charge in [0.15, 0.2) is 6.10 Å². The Morgan fingerprint density at radius 3 is 2.76 bits per heavy atom. The van der Waals surface area contributed by atoms with E-state index < -0.39 is 23.3 Å². The number of carbonyl (C=O) groups excluding carboxylic acids is 1. The van der Waals surface area contributed by atoms with Crippen molar-refractivity contribution < 1.29 is 14.3 Å². The number of ether oxygens (including phenoxy) is 2. The number of aromatic nitrogens is 2. The van der Waals surface area contributed by atoms with Crippen molar-refractivity contribution in [1.29, 1.82) is 0 Å². The number of nitrogens with zero attached hydrogens (tertiary/aromatic N) is 2. The first-order valence-electron chi connectivity index (χ1n) is 8.82. The second-order valence-electron chi connectivity index (χ2n) is 6.04. The summed E-state index contributed by atoms with van der Waals surface area (Å²) in [6.07, 6.45) is 0.620. The van der Waals surface area contributed by atoms with Crippen LogP contribution in [0.4, 0.5) is 0 Å². The van der Waals surface area contributed by atoms with Crippen LogP contribution in [0.25, 0.3) is 10.9 Å². The molecule has 0 amide bonds. The van der Waals surface area contributed by atoms with Crippen LogP contribution in [0, 0.1) is 0 Å². The normalized spacial score (nSPS) is 12.2. The molecule has 0 bridgehead atoms. The van der Waals surface area contributed by atoms with E-state index in [0.29, 0.717) is 26.7 Å². The number of esters is 1. The SMILES string of the molecule is CCOC(=O)C(C)Oc1ccc(C=Nn2c(=O)[nH]c3ccccc3c2=O)cc1Br. The minimum atomic E-state index is -0.763. The molecule has 150 valence electrons. The molecule has 0 aliphatic carbocycles. The molecule has 3 aromatic rings. The third kappa shape index (κ3) is 4.62. The van der Waals surface area contributed by atoms with Gasteiger partial charge in [0.1, 0.15) is 5.75 Å². The second-order valence-corrected chi connectivity index (χ2v) is 6.89. The monoisotopic (exact) mass is 459 g/mol. The third-order valence-corrected chi connectivity index (χ3v) is 4.60. The van der Waals surface area contributed by atoms with Crippen LogP contribution in [0.5, 0.6) is 5.75 Å². The van der Waals surface area contributed by atoms with Crippen molar-refractivity contribution in [3.05, 3.63) is 73.3 Å². The summed E-state index contributed by atoms with van der Waals surface area (Å²) in [6.45, 7) is 3.59. The van der Waals surface area contributed by atoms with Gasteiger partial charge in [-0.2, -0.15) is 5.10 Å². The average molecular weight is 460 g/mol. The van der Waals surface area contributed by atoms with E-state index in [2.05, 4.69) is 26.0 Å². The number of fused-ring (bicyclic) bond motifs is 1. The molecule has 0 saturated heterocycles. The molecule has 0 aliphatic heterocycles. The summed E-state index contributed by atoms with van der Waals surface area (Å²) in [5.74, 6) is -0.0108. The van der Waals surface area contributed by atoms with E-state index in [0.717, 1.165) is 4.68 Å². The molecule has 29 heavy (non-hydrogen) atoms. The molecular weight excluding hydrogens is 442 g/mol. The molecule has 9 heteroatoms. The molecule has 3 rings (SSSR count). The molecule has 1 heterocycles. The lowest BCUT2D eigenvalue weighted by Crippen LogP contribution is -2.32. The first-order valence-corrected chi connectivity index (χ1v) is 9.61. The summed E-state index contributed by atoms with van der Waals surface area (Å²) in [7, 11) is 0. The number of halogens is 1. The van der Waals surface area contributed by atoms with Gasteiger partial charge in [0.25, 0.3) is 5.56 Å². The number of para-hydroxylation sites is 1. The van der Waals surface area contributed by atoms with Crippen molar-refractivity contribution in [2.45, 2.75) is 20.0 Å². The van der Waals surface area contributed by atoms with Crippen molar-refractivity contribution in [2.75, 3.05) is 6.61 Å². The number of aromatic amines is 1. The van der Waals surface area contributed by atoms with Crippen molar-refractivity contribution in [3.8, 4) is 5.75 Å². The minimum absolute atomic E-state index is 0.274. The third-order valence-electron chi connectivity index (χ3n) is 3.98. The molecule has 0 fully saturated rings. The van der Waals surface area contributed by atoms with Crippen LogP contribution in [-0.4, -0.2) is 34.6 Å². The highest BCUT2D eigenvalue weighted by atomic mass is 79.9. The first-order chi connectivity index (χ1) is 13.9. The van der Waals surface area contributed by atoms with E-state index in [1.165, 1.54) is 6.21 Å². The summed E-state index contributed by atoms with van der Waals surface area (Å²) in [5.41, 5.74) is -0.0727. The molecule has 0 saturated carbocycles. The summed E-state index contributed by atoms with van der Waals surface area (Å²) in [4.78, 5) is 39.0. The number of hydrogen-bond acceptors (Lipinski definition) is 6. The maximum absolute atomic E-state index is 12.5. The molecule has 0 radical (unpaired) electrons. The summed E-state index contributed by atoms with van der Waals surface area (Å²) >= 11 is 3.38. The topological polar surface area (TPSA) is 103 Å². The van der Waals surface area contributed by atoms with Crippen LogP contribution in [0.15, 0.2) is 61.6 Å². The Hall–Kier alpha value is -3.20. The summed E-state index contributed by atoms with van der Waals surface area (Å²) in [6, 6.07) is 11.7. The lowest BCUT2D eigenvalue weighted by Gasteiger charge is -2.14. The molecule has 0 spiro atoms. The zero-order chi connectivity index (χ0) is 21.0. The fourth-order valence-corrected chi connectivity index (χ4v) is 3.06. The van der Waals surface area contributed by atoms with Gasteiger partial charge in [-0.15, -0.1) is 4.68 Å². The van der Waals surface area contributed by atoms with Gasteiger partial charge in [0.05, 0.1) is 28.2 Å². The molecule has 1 N–H and O–H groups in total. The predicted octanol–water partition coefficient (Wildman–Crippen LogP) is 2.66. The van der Waals surface area contributed by atoms with Crippen LogP contribution < -0.4 is 16.0 Å². The number of hydrogen-bond donors (Lipinski definition) is 1. The van der Waals surface area contributed by atoms with Gasteiger partial charge >= 0.3 is 11.7 Å². The quantitative estimate of drug-likeness (QED) is 0.450. The second kappa shape index (κ2) is 8.87. The van der Waals surface area contributed by atoms with E-state index in [1.54, 1.807) is 56.3 Å². The zero-order valence-electron chi connectivity index (χ0n) is 15.7. The minimum Gasteiger partial charge on any atom is -0.478 e. The molecule has 8 nitrogen and oxygen atoms in total. The number of carbonyl (C=O) groups is 1. The highest BCUT2D eigenvalue weighted by Crippen LogP contribution is 2.26. The summed E-state index contributed by atoms with van der Waals surface area (Å²) < 4.78 is 11.9. The lowest BCUT2D eigenvalue weighted by molar-refractivity contribution is -0.150. The van der Waals surface area contributed by atoms with Crippen LogP contribution in [0.2, 0.25) is 0 Å². The van der Waals surface area contributed by atoms with Gasteiger partial charge in [-0.1, -0.05) is 12.1 Å². The van der Waals surface area contributed by atoms with Gasteiger partial charge in [-0.25, -0.2) is 9.59 Å². The van der Waals surface area contributed by atoms with E-state index in [4.69, 9.17) is 9.47 Å². The Balaban J connectivity index is 1.84. The van der Waals surface area contributed by atoms with Gasteiger partial charge < -0.3 is 14.5 Å². The van der Waals surface area contributed by atoms with E-state index >= 15 is 0 Å².